The van der Waals surface area contributed by atoms with Crippen molar-refractivity contribution in [3.05, 3.63) is 29.3 Å². The van der Waals surface area contributed by atoms with Gasteiger partial charge >= 0.3 is 0 Å². The van der Waals surface area contributed by atoms with E-state index >= 15 is 0 Å². The maximum absolute atomic E-state index is 14.2. The molecule has 1 aromatic rings. The summed E-state index contributed by atoms with van der Waals surface area (Å²) < 4.78 is 33.7. The van der Waals surface area contributed by atoms with Crippen LogP contribution in [0.1, 0.15) is 89.5 Å². The molecule has 0 aromatic heterocycles. The van der Waals surface area contributed by atoms with Crippen LogP contribution in [-0.4, -0.2) is 6.61 Å². The van der Waals surface area contributed by atoms with Gasteiger partial charge in [0.1, 0.15) is 0 Å². The molecule has 1 aliphatic rings. The molecule has 0 radical (unpaired) electrons. The van der Waals surface area contributed by atoms with Crippen LogP contribution in [0.25, 0.3) is 0 Å². The summed E-state index contributed by atoms with van der Waals surface area (Å²) in [5.41, 5.74) is 0.805. The predicted molar refractivity (Wildman–Crippen MR) is 95.6 cm³/mol. The van der Waals surface area contributed by atoms with Crippen molar-refractivity contribution in [2.45, 2.75) is 84.0 Å². The molecule has 0 amide bonds. The molecular formula is C21H32F2O. The zero-order valence-corrected chi connectivity index (χ0v) is 15.3. The highest BCUT2D eigenvalue weighted by molar-refractivity contribution is 5.33. The molecule has 1 saturated carbocycles. The average molecular weight is 338 g/mol. The Labute approximate surface area is 145 Å². The maximum atomic E-state index is 14.2. The fourth-order valence-electron chi connectivity index (χ4n) is 3.74. The third kappa shape index (κ3) is 5.46. The summed E-state index contributed by atoms with van der Waals surface area (Å²) in [7, 11) is 0. The highest BCUT2D eigenvalue weighted by Crippen LogP contribution is 2.39. The van der Waals surface area contributed by atoms with Gasteiger partial charge in [0.2, 0.25) is 0 Å². The van der Waals surface area contributed by atoms with Crippen LogP contribution in [0.3, 0.4) is 0 Å². The van der Waals surface area contributed by atoms with E-state index in [0.29, 0.717) is 12.5 Å². The molecule has 1 aromatic carbocycles. The smallest absolute Gasteiger partial charge is 0.190 e. The van der Waals surface area contributed by atoms with Crippen molar-refractivity contribution in [1.29, 1.82) is 0 Å². The molecule has 1 aliphatic carbocycles. The van der Waals surface area contributed by atoms with E-state index in [2.05, 4.69) is 6.92 Å². The third-order valence-corrected chi connectivity index (χ3v) is 5.30. The largest absolute Gasteiger partial charge is 0.488 e. The number of hydrogen-bond acceptors (Lipinski definition) is 1. The van der Waals surface area contributed by atoms with Gasteiger partial charge in [-0.1, -0.05) is 46.0 Å². The van der Waals surface area contributed by atoms with Crippen molar-refractivity contribution in [1.82, 2.24) is 0 Å². The van der Waals surface area contributed by atoms with Crippen molar-refractivity contribution in [2.75, 3.05) is 6.61 Å². The van der Waals surface area contributed by atoms with E-state index in [9.17, 15) is 8.78 Å². The van der Waals surface area contributed by atoms with Crippen molar-refractivity contribution in [2.24, 2.45) is 5.92 Å². The SMILES string of the molecule is CCCCCC1CCC(c2cc(F)c(OCCCC)c(F)c2)CC1. The van der Waals surface area contributed by atoms with Gasteiger partial charge in [-0.15, -0.1) is 0 Å². The Morgan fingerprint density at radius 1 is 0.917 bits per heavy atom. The molecule has 0 aliphatic heterocycles. The molecule has 136 valence electrons. The van der Waals surface area contributed by atoms with Gasteiger partial charge in [-0.05, 0) is 61.6 Å². The first-order valence-electron chi connectivity index (χ1n) is 9.77. The minimum absolute atomic E-state index is 0.208. The van der Waals surface area contributed by atoms with Crippen molar-refractivity contribution in [3.63, 3.8) is 0 Å². The van der Waals surface area contributed by atoms with E-state index in [1.165, 1.54) is 50.7 Å². The Morgan fingerprint density at radius 2 is 1.54 bits per heavy atom. The predicted octanol–water partition coefficient (Wildman–Crippen LogP) is 7.00. The van der Waals surface area contributed by atoms with Crippen LogP contribution in [0.15, 0.2) is 12.1 Å². The van der Waals surface area contributed by atoms with E-state index in [1.54, 1.807) is 0 Å². The topological polar surface area (TPSA) is 9.23 Å². The molecule has 24 heavy (non-hydrogen) atoms. The first kappa shape index (κ1) is 19.2. The van der Waals surface area contributed by atoms with Gasteiger partial charge in [-0.2, -0.15) is 0 Å². The van der Waals surface area contributed by atoms with E-state index < -0.39 is 11.6 Å². The van der Waals surface area contributed by atoms with Crippen LogP contribution < -0.4 is 4.74 Å². The average Bonchev–Trinajstić information content (AvgIpc) is 2.58. The summed E-state index contributed by atoms with van der Waals surface area (Å²) in [5, 5.41) is 0. The maximum Gasteiger partial charge on any atom is 0.190 e. The molecule has 0 N–H and O–H groups in total. The van der Waals surface area contributed by atoms with E-state index in [1.807, 2.05) is 6.92 Å². The second-order valence-electron chi connectivity index (χ2n) is 7.23. The lowest BCUT2D eigenvalue weighted by Gasteiger charge is -2.29. The highest BCUT2D eigenvalue weighted by Gasteiger charge is 2.24. The van der Waals surface area contributed by atoms with E-state index in [0.717, 1.165) is 37.2 Å². The Morgan fingerprint density at radius 3 is 2.12 bits per heavy atom. The lowest BCUT2D eigenvalue weighted by atomic mass is 9.77. The Kier molecular flexibility index (Phi) is 8.01. The van der Waals surface area contributed by atoms with Crippen LogP contribution in [0, 0.1) is 17.6 Å². The van der Waals surface area contributed by atoms with Gasteiger partial charge in [0, 0.05) is 0 Å². The van der Waals surface area contributed by atoms with Gasteiger partial charge < -0.3 is 4.74 Å². The third-order valence-electron chi connectivity index (χ3n) is 5.30. The number of ether oxygens (including phenoxy) is 1. The number of unbranched alkanes of at least 4 members (excludes halogenated alkanes) is 3. The lowest BCUT2D eigenvalue weighted by Crippen LogP contribution is -2.14. The molecular weight excluding hydrogens is 306 g/mol. The van der Waals surface area contributed by atoms with Crippen LogP contribution in [0.2, 0.25) is 0 Å². The van der Waals surface area contributed by atoms with Crippen LogP contribution in [0.4, 0.5) is 8.78 Å². The van der Waals surface area contributed by atoms with Gasteiger partial charge in [-0.3, -0.25) is 0 Å². The normalized spacial score (nSPS) is 21.0. The molecule has 2 rings (SSSR count). The molecule has 0 bridgehead atoms. The van der Waals surface area contributed by atoms with Crippen LogP contribution in [-0.2, 0) is 0 Å². The van der Waals surface area contributed by atoms with Gasteiger partial charge in [0.15, 0.2) is 17.4 Å². The fraction of sp³-hybridized carbons (Fsp3) is 0.714. The van der Waals surface area contributed by atoms with Crippen molar-refractivity contribution >= 4 is 0 Å². The Bertz CT molecular complexity index is 470. The quantitative estimate of drug-likeness (QED) is 0.440. The summed E-state index contributed by atoms with van der Waals surface area (Å²) in [6, 6.07) is 2.98. The van der Waals surface area contributed by atoms with Gasteiger partial charge in [-0.25, -0.2) is 8.78 Å². The van der Waals surface area contributed by atoms with Gasteiger partial charge in [0.05, 0.1) is 6.61 Å². The van der Waals surface area contributed by atoms with Crippen molar-refractivity contribution in [3.8, 4) is 5.75 Å². The number of benzene rings is 1. The lowest BCUT2D eigenvalue weighted by molar-refractivity contribution is 0.276. The first-order valence-corrected chi connectivity index (χ1v) is 9.77. The monoisotopic (exact) mass is 338 g/mol. The molecule has 0 unspecified atom stereocenters. The molecule has 1 fully saturated rings. The summed E-state index contributed by atoms with van der Waals surface area (Å²) in [6.45, 7) is 4.62. The zero-order chi connectivity index (χ0) is 17.4. The zero-order valence-electron chi connectivity index (χ0n) is 15.3. The second-order valence-corrected chi connectivity index (χ2v) is 7.23. The van der Waals surface area contributed by atoms with Crippen molar-refractivity contribution < 1.29 is 13.5 Å². The highest BCUT2D eigenvalue weighted by atomic mass is 19.1. The molecule has 0 heterocycles. The number of halogens is 2. The number of hydrogen-bond donors (Lipinski definition) is 0. The first-order chi connectivity index (χ1) is 11.7. The standard InChI is InChI=1S/C21H32F2O/c1-3-5-7-8-16-9-11-17(12-10-16)18-14-19(22)21(20(23)15-18)24-13-6-4-2/h14-17H,3-13H2,1-2H3. The van der Waals surface area contributed by atoms with E-state index in [-0.39, 0.29) is 5.75 Å². The molecule has 0 spiro atoms. The van der Waals surface area contributed by atoms with E-state index in [4.69, 9.17) is 4.74 Å². The van der Waals surface area contributed by atoms with Crippen LogP contribution >= 0.6 is 0 Å². The number of rotatable bonds is 9. The summed E-state index contributed by atoms with van der Waals surface area (Å²) in [5.74, 6) is -0.210. The minimum Gasteiger partial charge on any atom is -0.488 e. The van der Waals surface area contributed by atoms with Crippen LogP contribution in [0.5, 0.6) is 5.75 Å². The summed E-state index contributed by atoms with van der Waals surface area (Å²) in [6.07, 6.45) is 11.4. The summed E-state index contributed by atoms with van der Waals surface area (Å²) in [4.78, 5) is 0. The second kappa shape index (κ2) is 10.0. The Balaban J connectivity index is 1.91. The summed E-state index contributed by atoms with van der Waals surface area (Å²) >= 11 is 0. The molecule has 0 saturated heterocycles. The Hall–Kier alpha value is -1.12. The molecule has 0 atom stereocenters. The molecule has 3 heteroatoms. The minimum atomic E-state index is -0.550. The molecule has 1 nitrogen and oxygen atoms in total. The fourth-order valence-corrected chi connectivity index (χ4v) is 3.74. The van der Waals surface area contributed by atoms with Gasteiger partial charge in [0.25, 0.3) is 0 Å².